The van der Waals surface area contributed by atoms with E-state index in [0.717, 1.165) is 29.7 Å². The number of carbonyl (C=O) groups excluding carboxylic acids is 2. The van der Waals surface area contributed by atoms with Crippen molar-refractivity contribution in [3.63, 3.8) is 0 Å². The van der Waals surface area contributed by atoms with Gasteiger partial charge >= 0.3 is 0 Å². The number of aryl methyl sites for hydroxylation is 1. The number of hydrogen-bond acceptors (Lipinski definition) is 6. The topological polar surface area (TPSA) is 90.3 Å². The number of aromatic nitrogens is 2. The SMILES string of the molecule is CC1CCc2c(sc3ncn(C(C)C(=O)c4ccc5c(c4)NC(=O)C(C)O5)c(=O)c23)C1. The second-order valence-corrected chi connectivity index (χ2v) is 9.57. The Labute approximate surface area is 183 Å². The number of carbonyl (C=O) groups is 2. The molecule has 1 N–H and O–H groups in total. The fourth-order valence-corrected chi connectivity index (χ4v) is 5.69. The van der Waals surface area contributed by atoms with Gasteiger partial charge in [0.1, 0.15) is 10.6 Å². The van der Waals surface area contributed by atoms with E-state index in [1.165, 1.54) is 15.8 Å². The summed E-state index contributed by atoms with van der Waals surface area (Å²) in [5, 5.41) is 3.42. The molecule has 1 aliphatic carbocycles. The fraction of sp³-hybridized carbons (Fsp3) is 0.391. The maximum atomic E-state index is 13.3. The maximum Gasteiger partial charge on any atom is 0.265 e. The van der Waals surface area contributed by atoms with Crippen molar-refractivity contribution in [1.82, 2.24) is 9.55 Å². The average molecular weight is 438 g/mol. The van der Waals surface area contributed by atoms with Crippen LogP contribution in [0.5, 0.6) is 5.75 Å². The van der Waals surface area contributed by atoms with Crippen molar-refractivity contribution < 1.29 is 14.3 Å². The Morgan fingerprint density at radius 2 is 2.13 bits per heavy atom. The van der Waals surface area contributed by atoms with E-state index >= 15 is 0 Å². The largest absolute Gasteiger partial charge is 0.479 e. The molecule has 0 saturated heterocycles. The predicted octanol–water partition coefficient (Wildman–Crippen LogP) is 3.75. The van der Waals surface area contributed by atoms with Gasteiger partial charge in [-0.2, -0.15) is 0 Å². The molecule has 0 spiro atoms. The summed E-state index contributed by atoms with van der Waals surface area (Å²) in [6, 6.07) is 4.21. The Hall–Kier alpha value is -3.00. The van der Waals surface area contributed by atoms with Gasteiger partial charge in [-0.05, 0) is 62.8 Å². The minimum atomic E-state index is -0.723. The Kier molecular flexibility index (Phi) is 4.69. The third-order valence-corrected chi connectivity index (χ3v) is 7.39. The van der Waals surface area contributed by atoms with Gasteiger partial charge in [-0.25, -0.2) is 4.98 Å². The average Bonchev–Trinajstić information content (AvgIpc) is 3.11. The van der Waals surface area contributed by atoms with E-state index < -0.39 is 12.1 Å². The fourth-order valence-electron chi connectivity index (χ4n) is 4.35. The third kappa shape index (κ3) is 3.26. The lowest BCUT2D eigenvalue weighted by molar-refractivity contribution is -0.122. The molecule has 0 saturated carbocycles. The molecule has 31 heavy (non-hydrogen) atoms. The van der Waals surface area contributed by atoms with Crippen LogP contribution < -0.4 is 15.6 Å². The molecule has 1 aromatic carbocycles. The number of anilines is 1. The van der Waals surface area contributed by atoms with Crippen molar-refractivity contribution >= 4 is 38.9 Å². The molecule has 3 unspecified atom stereocenters. The van der Waals surface area contributed by atoms with Crippen LogP contribution in [0, 0.1) is 5.92 Å². The van der Waals surface area contributed by atoms with Crippen LogP contribution in [0.2, 0.25) is 0 Å². The first-order chi connectivity index (χ1) is 14.8. The van der Waals surface area contributed by atoms with Gasteiger partial charge in [-0.1, -0.05) is 6.92 Å². The number of thiophene rings is 1. The summed E-state index contributed by atoms with van der Waals surface area (Å²) in [4.78, 5) is 44.9. The van der Waals surface area contributed by atoms with Crippen LogP contribution in [0.15, 0.2) is 29.3 Å². The molecule has 0 fully saturated rings. The van der Waals surface area contributed by atoms with Crippen LogP contribution in [-0.4, -0.2) is 27.3 Å². The molecule has 5 rings (SSSR count). The highest BCUT2D eigenvalue weighted by Gasteiger charge is 2.28. The molecular formula is C23H23N3O4S. The first-order valence-corrected chi connectivity index (χ1v) is 11.3. The van der Waals surface area contributed by atoms with Crippen LogP contribution in [0.1, 0.15) is 54.0 Å². The summed E-state index contributed by atoms with van der Waals surface area (Å²) >= 11 is 1.60. The molecule has 7 nitrogen and oxygen atoms in total. The van der Waals surface area contributed by atoms with Gasteiger partial charge in [-0.3, -0.25) is 19.0 Å². The second-order valence-electron chi connectivity index (χ2n) is 8.49. The highest BCUT2D eigenvalue weighted by molar-refractivity contribution is 7.18. The maximum absolute atomic E-state index is 13.3. The first kappa shape index (κ1) is 19.9. The molecule has 2 aromatic heterocycles. The molecule has 3 aromatic rings. The Morgan fingerprint density at radius 1 is 1.32 bits per heavy atom. The lowest BCUT2D eigenvalue weighted by atomic mass is 9.89. The first-order valence-electron chi connectivity index (χ1n) is 10.5. The molecule has 3 heterocycles. The standard InChI is InChI=1S/C23H23N3O4S/c1-11-4-6-15-18(8-11)31-22-19(15)23(29)26(10-24-22)12(2)20(27)14-5-7-17-16(9-14)25-21(28)13(3)30-17/h5,7,9-13H,4,6,8H2,1-3H3,(H,25,28). The number of amides is 1. The van der Waals surface area contributed by atoms with E-state index in [-0.39, 0.29) is 17.2 Å². The number of ketones is 1. The van der Waals surface area contributed by atoms with Crippen LogP contribution >= 0.6 is 11.3 Å². The van der Waals surface area contributed by atoms with E-state index in [2.05, 4.69) is 17.2 Å². The smallest absolute Gasteiger partial charge is 0.265 e. The minimum absolute atomic E-state index is 0.165. The van der Waals surface area contributed by atoms with E-state index in [1.54, 1.807) is 43.4 Å². The quantitative estimate of drug-likeness (QED) is 0.631. The summed E-state index contributed by atoms with van der Waals surface area (Å²) in [7, 11) is 0. The van der Waals surface area contributed by atoms with Gasteiger partial charge < -0.3 is 10.1 Å². The van der Waals surface area contributed by atoms with E-state index in [1.807, 2.05) is 0 Å². The van der Waals surface area contributed by atoms with Crippen molar-refractivity contribution in [3.05, 3.63) is 50.9 Å². The molecule has 8 heteroatoms. The van der Waals surface area contributed by atoms with Crippen molar-refractivity contribution in [2.45, 2.75) is 52.2 Å². The Balaban J connectivity index is 1.50. The monoisotopic (exact) mass is 437 g/mol. The second kappa shape index (κ2) is 7.30. The number of ether oxygens (including phenoxy) is 1. The van der Waals surface area contributed by atoms with Crippen LogP contribution in [0.3, 0.4) is 0 Å². The molecular weight excluding hydrogens is 414 g/mol. The number of rotatable bonds is 3. The van der Waals surface area contributed by atoms with Gasteiger partial charge in [0.15, 0.2) is 11.9 Å². The summed E-state index contributed by atoms with van der Waals surface area (Å²) in [6.45, 7) is 5.60. The number of Topliss-reactive ketones (excluding diaryl/α,β-unsaturated/α-hetero) is 1. The molecule has 3 atom stereocenters. The number of benzene rings is 1. The number of nitrogens with zero attached hydrogens (tertiary/aromatic N) is 2. The van der Waals surface area contributed by atoms with E-state index in [4.69, 9.17) is 4.74 Å². The van der Waals surface area contributed by atoms with E-state index in [9.17, 15) is 14.4 Å². The van der Waals surface area contributed by atoms with Crippen molar-refractivity contribution in [2.24, 2.45) is 5.92 Å². The van der Waals surface area contributed by atoms with Crippen molar-refractivity contribution in [2.75, 3.05) is 5.32 Å². The van der Waals surface area contributed by atoms with Crippen molar-refractivity contribution in [1.29, 1.82) is 0 Å². The highest BCUT2D eigenvalue weighted by atomic mass is 32.1. The van der Waals surface area contributed by atoms with Gasteiger partial charge in [-0.15, -0.1) is 11.3 Å². The summed E-state index contributed by atoms with van der Waals surface area (Å²) in [6.07, 6.45) is 3.81. The normalized spacial score (nSPS) is 21.1. The lowest BCUT2D eigenvalue weighted by Gasteiger charge is -2.24. The third-order valence-electron chi connectivity index (χ3n) is 6.23. The number of fused-ring (bicyclic) bond motifs is 4. The molecule has 1 amide bonds. The summed E-state index contributed by atoms with van der Waals surface area (Å²) < 4.78 is 6.98. The van der Waals surface area contributed by atoms with Gasteiger partial charge in [0.05, 0.1) is 23.4 Å². The minimum Gasteiger partial charge on any atom is -0.479 e. The van der Waals surface area contributed by atoms with Crippen LogP contribution in [0.25, 0.3) is 10.2 Å². The van der Waals surface area contributed by atoms with Crippen LogP contribution in [0.4, 0.5) is 5.69 Å². The molecule has 160 valence electrons. The van der Waals surface area contributed by atoms with Gasteiger partial charge in [0.2, 0.25) is 0 Å². The summed E-state index contributed by atoms with van der Waals surface area (Å²) in [5.74, 6) is 0.652. The van der Waals surface area contributed by atoms with Crippen molar-refractivity contribution in [3.8, 4) is 5.75 Å². The molecule has 2 aliphatic rings. The Morgan fingerprint density at radius 3 is 2.94 bits per heavy atom. The predicted molar refractivity (Wildman–Crippen MR) is 119 cm³/mol. The lowest BCUT2D eigenvalue weighted by Crippen LogP contribution is -2.34. The molecule has 0 bridgehead atoms. The summed E-state index contributed by atoms with van der Waals surface area (Å²) in [5.41, 5.74) is 1.80. The highest BCUT2D eigenvalue weighted by Crippen LogP contribution is 2.36. The zero-order valence-electron chi connectivity index (χ0n) is 17.6. The molecule has 0 radical (unpaired) electrons. The zero-order chi connectivity index (χ0) is 21.9. The Bertz CT molecular complexity index is 1290. The number of hydrogen-bond donors (Lipinski definition) is 1. The number of nitrogens with one attached hydrogen (secondary N) is 1. The zero-order valence-corrected chi connectivity index (χ0v) is 18.4. The van der Waals surface area contributed by atoms with Gasteiger partial charge in [0, 0.05) is 10.4 Å². The molecule has 1 aliphatic heterocycles. The van der Waals surface area contributed by atoms with Crippen LogP contribution in [-0.2, 0) is 17.6 Å². The van der Waals surface area contributed by atoms with E-state index in [0.29, 0.717) is 28.3 Å². The van der Waals surface area contributed by atoms with Gasteiger partial charge in [0.25, 0.3) is 11.5 Å².